The Hall–Kier alpha value is -4.60. The van der Waals surface area contributed by atoms with E-state index in [0.717, 1.165) is 12.8 Å². The van der Waals surface area contributed by atoms with Gasteiger partial charge in [-0.05, 0) is 83.4 Å². The van der Waals surface area contributed by atoms with Gasteiger partial charge in [-0.15, -0.1) is 11.3 Å². The Bertz CT molecular complexity index is 2060. The van der Waals surface area contributed by atoms with Gasteiger partial charge in [0.2, 0.25) is 0 Å². The molecule has 0 spiro atoms. The minimum Gasteiger partial charge on any atom is -0.344 e. The second kappa shape index (κ2) is 9.25. The van der Waals surface area contributed by atoms with E-state index in [9.17, 15) is 0 Å². The molecule has 192 valence electrons. The molecule has 5 aromatic carbocycles. The number of allylic oxidation sites excluding steroid dienone is 1. The van der Waals surface area contributed by atoms with E-state index in [2.05, 4.69) is 144 Å². The number of aryl methyl sites for hydroxylation is 2. The zero-order valence-electron chi connectivity index (χ0n) is 22.3. The van der Waals surface area contributed by atoms with Crippen molar-refractivity contribution < 1.29 is 0 Å². The Kier molecular flexibility index (Phi) is 5.39. The van der Waals surface area contributed by atoms with Crippen LogP contribution in [0.15, 0.2) is 127 Å². The van der Waals surface area contributed by atoms with E-state index in [1.165, 1.54) is 70.5 Å². The lowest BCUT2D eigenvalue weighted by Crippen LogP contribution is -2.17. The Morgan fingerprint density at radius 2 is 1.32 bits per heavy atom. The molecule has 2 heterocycles. The third-order valence-electron chi connectivity index (χ3n) is 8.27. The van der Waals surface area contributed by atoms with E-state index in [-0.39, 0.29) is 0 Å². The van der Waals surface area contributed by atoms with Crippen molar-refractivity contribution in [1.82, 2.24) is 4.57 Å². The van der Waals surface area contributed by atoms with Gasteiger partial charge in [0.25, 0.3) is 0 Å². The number of thiophene rings is 1. The van der Waals surface area contributed by atoms with E-state index in [1.54, 1.807) is 0 Å². The molecule has 2 aromatic heterocycles. The molecule has 0 atom stereocenters. The first-order chi connectivity index (χ1) is 19.8. The van der Waals surface area contributed by atoms with Crippen molar-refractivity contribution in [1.29, 1.82) is 0 Å². The molecular formula is C37H28N2S. The third kappa shape index (κ3) is 3.62. The summed E-state index contributed by atoms with van der Waals surface area (Å²) in [5.74, 6) is 0. The molecule has 0 saturated carbocycles. The number of hydrogen-bond donors (Lipinski definition) is 0. The zero-order chi connectivity index (χ0) is 26.6. The first-order valence-corrected chi connectivity index (χ1v) is 14.7. The number of benzene rings is 5. The zero-order valence-corrected chi connectivity index (χ0v) is 23.2. The van der Waals surface area contributed by atoms with Gasteiger partial charge in [0.05, 0.1) is 10.6 Å². The van der Waals surface area contributed by atoms with E-state index >= 15 is 0 Å². The minimum absolute atomic E-state index is 1.04. The lowest BCUT2D eigenvalue weighted by atomic mass is 9.97. The molecule has 2 nitrogen and oxygen atoms in total. The number of anilines is 2. The molecule has 0 fully saturated rings. The molecule has 1 aliphatic rings. The summed E-state index contributed by atoms with van der Waals surface area (Å²) in [6.45, 7) is 0. The van der Waals surface area contributed by atoms with Gasteiger partial charge in [0.15, 0.2) is 0 Å². The van der Waals surface area contributed by atoms with Crippen LogP contribution >= 0.6 is 11.3 Å². The largest absolute Gasteiger partial charge is 0.344 e. The molecule has 8 rings (SSSR count). The SMILES string of the molecule is Cn1c2ccc(-c3ccccc3)cc2c2cc(N(C3=CCCc4c3sc3ccccc43)c3ccccc3)ccc21. The lowest BCUT2D eigenvalue weighted by Gasteiger charge is -2.30. The van der Waals surface area contributed by atoms with Gasteiger partial charge < -0.3 is 9.47 Å². The van der Waals surface area contributed by atoms with Crippen LogP contribution in [-0.2, 0) is 13.5 Å². The van der Waals surface area contributed by atoms with Gasteiger partial charge in [-0.2, -0.15) is 0 Å². The van der Waals surface area contributed by atoms with E-state index in [4.69, 9.17) is 0 Å². The molecule has 0 amide bonds. The van der Waals surface area contributed by atoms with Crippen LogP contribution < -0.4 is 4.90 Å². The molecule has 0 saturated heterocycles. The fourth-order valence-corrected chi connectivity index (χ4v) is 7.63. The van der Waals surface area contributed by atoms with Crippen molar-refractivity contribution in [2.45, 2.75) is 12.8 Å². The van der Waals surface area contributed by atoms with Crippen molar-refractivity contribution in [3.63, 3.8) is 0 Å². The normalized spacial score (nSPS) is 13.1. The highest BCUT2D eigenvalue weighted by molar-refractivity contribution is 7.20. The van der Waals surface area contributed by atoms with Crippen LogP contribution in [0.1, 0.15) is 16.9 Å². The van der Waals surface area contributed by atoms with Gasteiger partial charge in [-0.1, -0.05) is 78.9 Å². The summed E-state index contributed by atoms with van der Waals surface area (Å²) in [6.07, 6.45) is 4.57. The smallest absolute Gasteiger partial charge is 0.0597 e. The fraction of sp³-hybridized carbons (Fsp3) is 0.0811. The quantitative estimate of drug-likeness (QED) is 0.219. The van der Waals surface area contributed by atoms with Gasteiger partial charge in [0, 0.05) is 44.9 Å². The summed E-state index contributed by atoms with van der Waals surface area (Å²) in [4.78, 5) is 3.85. The Morgan fingerprint density at radius 1 is 0.625 bits per heavy atom. The number of hydrogen-bond acceptors (Lipinski definition) is 2. The van der Waals surface area contributed by atoms with Crippen LogP contribution in [0.5, 0.6) is 0 Å². The highest BCUT2D eigenvalue weighted by Crippen LogP contribution is 2.45. The number of nitrogens with zero attached hydrogens (tertiary/aromatic N) is 2. The summed E-state index contributed by atoms with van der Waals surface area (Å²) < 4.78 is 3.69. The molecule has 0 radical (unpaired) electrons. The standard InChI is InChI=1S/C37H28N2S/c1-38-33-21-19-26(25-11-4-2-5-12-25)23-31(33)32-24-28(20-22-34(32)38)39(27-13-6-3-7-14-27)35-17-10-16-30-29-15-8-9-18-36(29)40-37(30)35/h2-9,11-15,17-24H,10,16H2,1H3. The van der Waals surface area contributed by atoms with Gasteiger partial charge in [0.1, 0.15) is 0 Å². The summed E-state index contributed by atoms with van der Waals surface area (Å²) in [5, 5.41) is 3.97. The Balaban J connectivity index is 1.35. The topological polar surface area (TPSA) is 8.17 Å². The average Bonchev–Trinajstić information content (AvgIpc) is 3.54. The maximum Gasteiger partial charge on any atom is 0.0597 e. The predicted octanol–water partition coefficient (Wildman–Crippen LogP) is 10.3. The highest BCUT2D eigenvalue weighted by atomic mass is 32.1. The van der Waals surface area contributed by atoms with Crippen molar-refractivity contribution in [3.05, 3.63) is 138 Å². The minimum atomic E-state index is 1.04. The summed E-state index contributed by atoms with van der Waals surface area (Å²) in [7, 11) is 2.18. The van der Waals surface area contributed by atoms with Gasteiger partial charge in [-0.25, -0.2) is 0 Å². The van der Waals surface area contributed by atoms with E-state index < -0.39 is 0 Å². The van der Waals surface area contributed by atoms with E-state index in [1.807, 2.05) is 11.3 Å². The molecule has 3 heteroatoms. The summed E-state index contributed by atoms with van der Waals surface area (Å²) in [6, 6.07) is 44.2. The van der Waals surface area contributed by atoms with Crippen LogP contribution in [0, 0.1) is 0 Å². The van der Waals surface area contributed by atoms with Gasteiger partial charge in [-0.3, -0.25) is 0 Å². The Morgan fingerprint density at radius 3 is 2.15 bits per heavy atom. The number of rotatable bonds is 4. The number of para-hydroxylation sites is 1. The van der Waals surface area contributed by atoms with Crippen LogP contribution in [0.4, 0.5) is 11.4 Å². The van der Waals surface area contributed by atoms with Crippen LogP contribution in [0.25, 0.3) is 48.7 Å². The maximum atomic E-state index is 2.46. The fourth-order valence-electron chi connectivity index (χ4n) is 6.35. The maximum absolute atomic E-state index is 2.46. The second-order valence-electron chi connectivity index (χ2n) is 10.6. The van der Waals surface area contributed by atoms with Crippen LogP contribution in [0.2, 0.25) is 0 Å². The average molecular weight is 533 g/mol. The molecule has 0 unspecified atom stereocenters. The molecule has 0 aliphatic heterocycles. The molecular weight excluding hydrogens is 504 g/mol. The number of aromatic nitrogens is 1. The van der Waals surface area contributed by atoms with E-state index in [0.29, 0.717) is 0 Å². The Labute approximate surface area is 238 Å². The molecule has 1 aliphatic carbocycles. The summed E-state index contributed by atoms with van der Waals surface area (Å²) in [5.41, 5.74) is 10.1. The van der Waals surface area contributed by atoms with Crippen molar-refractivity contribution in [3.8, 4) is 11.1 Å². The number of fused-ring (bicyclic) bond motifs is 6. The molecule has 0 N–H and O–H groups in total. The van der Waals surface area contributed by atoms with Crippen molar-refractivity contribution in [2.24, 2.45) is 7.05 Å². The second-order valence-corrected chi connectivity index (χ2v) is 11.6. The molecule has 0 bridgehead atoms. The first-order valence-electron chi connectivity index (χ1n) is 13.9. The first kappa shape index (κ1) is 23.3. The van der Waals surface area contributed by atoms with Crippen molar-refractivity contribution >= 4 is 60.3 Å². The lowest BCUT2D eigenvalue weighted by molar-refractivity contribution is 0.988. The molecule has 7 aromatic rings. The van der Waals surface area contributed by atoms with Crippen LogP contribution in [-0.4, -0.2) is 4.57 Å². The predicted molar refractivity (Wildman–Crippen MR) is 173 cm³/mol. The molecule has 40 heavy (non-hydrogen) atoms. The monoisotopic (exact) mass is 532 g/mol. The van der Waals surface area contributed by atoms with Gasteiger partial charge >= 0.3 is 0 Å². The highest BCUT2D eigenvalue weighted by Gasteiger charge is 2.25. The third-order valence-corrected chi connectivity index (χ3v) is 9.51. The van der Waals surface area contributed by atoms with Crippen LogP contribution in [0.3, 0.4) is 0 Å². The van der Waals surface area contributed by atoms with Crippen molar-refractivity contribution in [2.75, 3.05) is 4.90 Å². The summed E-state index contributed by atoms with van der Waals surface area (Å²) >= 11 is 1.92.